The highest BCUT2D eigenvalue weighted by Gasteiger charge is 2.27. The van der Waals surface area contributed by atoms with Crippen molar-refractivity contribution in [3.05, 3.63) is 18.0 Å². The summed E-state index contributed by atoms with van der Waals surface area (Å²) in [6.07, 6.45) is 9.29. The van der Waals surface area contributed by atoms with Gasteiger partial charge in [0.2, 0.25) is 0 Å². The molecule has 5 nitrogen and oxygen atoms in total. The second kappa shape index (κ2) is 6.60. The monoisotopic (exact) mass is 291 g/mol. The average Bonchev–Trinajstić information content (AvgIpc) is 3.17. The second-order valence-electron chi connectivity index (χ2n) is 6.32. The van der Waals surface area contributed by atoms with E-state index in [-0.39, 0.29) is 11.9 Å². The summed E-state index contributed by atoms with van der Waals surface area (Å²) in [5.41, 5.74) is 1.12. The maximum Gasteiger partial charge on any atom is 0.309 e. The Kier molecular flexibility index (Phi) is 4.58. The Morgan fingerprint density at radius 2 is 2.14 bits per heavy atom. The maximum absolute atomic E-state index is 11.7. The summed E-state index contributed by atoms with van der Waals surface area (Å²) < 4.78 is 7.02. The summed E-state index contributed by atoms with van der Waals surface area (Å²) >= 11 is 0. The van der Waals surface area contributed by atoms with E-state index in [1.165, 1.54) is 32.8 Å². The summed E-state index contributed by atoms with van der Waals surface area (Å²) in [6, 6.07) is 2.73. The van der Waals surface area contributed by atoms with E-state index in [0.29, 0.717) is 6.04 Å². The molecule has 0 amide bonds. The number of esters is 1. The van der Waals surface area contributed by atoms with E-state index >= 15 is 0 Å². The zero-order valence-electron chi connectivity index (χ0n) is 12.8. The molecule has 21 heavy (non-hydrogen) atoms. The summed E-state index contributed by atoms with van der Waals surface area (Å²) in [5, 5.41) is 4.74. The fraction of sp³-hybridized carbons (Fsp3) is 0.750. The Morgan fingerprint density at radius 1 is 1.33 bits per heavy atom. The van der Waals surface area contributed by atoms with Crippen LogP contribution in [0.5, 0.6) is 0 Å². The van der Waals surface area contributed by atoms with Crippen LogP contribution < -0.4 is 0 Å². The van der Waals surface area contributed by atoms with Crippen molar-refractivity contribution in [1.82, 2.24) is 14.7 Å². The first-order valence-corrected chi connectivity index (χ1v) is 8.10. The summed E-state index contributed by atoms with van der Waals surface area (Å²) in [4.78, 5) is 14.0. The number of ether oxygens (including phenoxy) is 1. The number of methoxy groups -OCH3 is 1. The third-order valence-electron chi connectivity index (χ3n) is 4.79. The predicted molar refractivity (Wildman–Crippen MR) is 79.7 cm³/mol. The molecule has 1 atom stereocenters. The van der Waals surface area contributed by atoms with E-state index in [2.05, 4.69) is 21.8 Å². The molecule has 0 radical (unpaired) electrons. The number of hydrogen-bond donors (Lipinski definition) is 0. The summed E-state index contributed by atoms with van der Waals surface area (Å²) in [5.74, 6) is -0.0446. The number of nitrogens with zero attached hydrogens (tertiary/aromatic N) is 3. The van der Waals surface area contributed by atoms with Crippen molar-refractivity contribution in [2.75, 3.05) is 20.2 Å². The van der Waals surface area contributed by atoms with Crippen LogP contribution in [0.2, 0.25) is 0 Å². The maximum atomic E-state index is 11.7. The lowest BCUT2D eigenvalue weighted by molar-refractivity contribution is -0.147. The molecular weight excluding hydrogens is 266 g/mol. The molecule has 1 saturated carbocycles. The first kappa shape index (κ1) is 14.6. The van der Waals surface area contributed by atoms with Crippen LogP contribution in [0.15, 0.2) is 12.3 Å². The molecule has 1 aromatic rings. The first-order valence-electron chi connectivity index (χ1n) is 8.10. The number of carbonyl (C=O) groups excluding carboxylic acids is 1. The Labute approximate surface area is 126 Å². The molecule has 3 rings (SSSR count). The van der Waals surface area contributed by atoms with Crippen LogP contribution in [0.25, 0.3) is 0 Å². The highest BCUT2D eigenvalue weighted by Crippen LogP contribution is 2.29. The Bertz CT molecular complexity index is 480. The molecule has 116 valence electrons. The van der Waals surface area contributed by atoms with Crippen molar-refractivity contribution in [2.45, 2.75) is 51.1 Å². The van der Waals surface area contributed by atoms with E-state index in [1.807, 2.05) is 0 Å². The van der Waals surface area contributed by atoms with E-state index in [0.717, 1.165) is 38.2 Å². The van der Waals surface area contributed by atoms with Crippen LogP contribution in [-0.2, 0) is 16.1 Å². The summed E-state index contributed by atoms with van der Waals surface area (Å²) in [6.45, 7) is 2.68. The normalized spacial score (nSPS) is 24.3. The number of carbonyl (C=O) groups is 1. The molecule has 2 heterocycles. The van der Waals surface area contributed by atoms with Crippen molar-refractivity contribution < 1.29 is 9.53 Å². The molecule has 0 bridgehead atoms. The van der Waals surface area contributed by atoms with Gasteiger partial charge in [-0.05, 0) is 38.3 Å². The minimum atomic E-state index is -0.0730. The van der Waals surface area contributed by atoms with Crippen LogP contribution in [0.4, 0.5) is 0 Å². The van der Waals surface area contributed by atoms with Gasteiger partial charge in [0.05, 0.1) is 24.8 Å². The standard InChI is InChI=1S/C16H25N3O2/c1-21-16(20)13-5-4-9-18(11-13)12-14-8-10-19(17-14)15-6-2-3-7-15/h8,10,13,15H,2-7,9,11-12H2,1H3/t13-/m0/s1. The first-order chi connectivity index (χ1) is 10.3. The molecule has 2 fully saturated rings. The van der Waals surface area contributed by atoms with E-state index in [1.54, 1.807) is 0 Å². The average molecular weight is 291 g/mol. The van der Waals surface area contributed by atoms with Gasteiger partial charge in [-0.1, -0.05) is 12.8 Å². The molecule has 2 aliphatic rings. The number of hydrogen-bond acceptors (Lipinski definition) is 4. The highest BCUT2D eigenvalue weighted by atomic mass is 16.5. The van der Waals surface area contributed by atoms with Crippen molar-refractivity contribution in [1.29, 1.82) is 0 Å². The molecule has 0 spiro atoms. The van der Waals surface area contributed by atoms with Crippen molar-refractivity contribution in [2.24, 2.45) is 5.92 Å². The van der Waals surface area contributed by atoms with Gasteiger partial charge in [0.1, 0.15) is 0 Å². The SMILES string of the molecule is COC(=O)[C@H]1CCCN(Cc2ccn(C3CCCC3)n2)C1. The van der Waals surface area contributed by atoms with Gasteiger partial charge in [-0.25, -0.2) is 0 Å². The zero-order valence-corrected chi connectivity index (χ0v) is 12.8. The lowest BCUT2D eigenvalue weighted by Crippen LogP contribution is -2.38. The Hall–Kier alpha value is -1.36. The molecule has 1 aliphatic heterocycles. The van der Waals surface area contributed by atoms with E-state index < -0.39 is 0 Å². The van der Waals surface area contributed by atoms with Crippen LogP contribution >= 0.6 is 0 Å². The fourth-order valence-corrected chi connectivity index (χ4v) is 3.62. The molecule has 1 aromatic heterocycles. The number of likely N-dealkylation sites (tertiary alicyclic amines) is 1. The number of rotatable bonds is 4. The van der Waals surface area contributed by atoms with Gasteiger partial charge in [0.15, 0.2) is 0 Å². The third kappa shape index (κ3) is 3.46. The van der Waals surface area contributed by atoms with Crippen LogP contribution in [0.1, 0.15) is 50.3 Å². The lowest BCUT2D eigenvalue weighted by atomic mass is 9.98. The lowest BCUT2D eigenvalue weighted by Gasteiger charge is -2.30. The zero-order chi connectivity index (χ0) is 14.7. The summed E-state index contributed by atoms with van der Waals surface area (Å²) in [7, 11) is 1.48. The van der Waals surface area contributed by atoms with Crippen molar-refractivity contribution in [3.63, 3.8) is 0 Å². The highest BCUT2D eigenvalue weighted by molar-refractivity contribution is 5.72. The van der Waals surface area contributed by atoms with Gasteiger partial charge >= 0.3 is 5.97 Å². The van der Waals surface area contributed by atoms with Crippen LogP contribution in [0, 0.1) is 5.92 Å². The van der Waals surface area contributed by atoms with E-state index in [4.69, 9.17) is 9.84 Å². The minimum Gasteiger partial charge on any atom is -0.469 e. The molecule has 0 aromatic carbocycles. The Balaban J connectivity index is 1.57. The van der Waals surface area contributed by atoms with Gasteiger partial charge in [-0.3, -0.25) is 14.4 Å². The quantitative estimate of drug-likeness (QED) is 0.799. The smallest absolute Gasteiger partial charge is 0.309 e. The third-order valence-corrected chi connectivity index (χ3v) is 4.79. The number of aromatic nitrogens is 2. The predicted octanol–water partition coefficient (Wildman–Crippen LogP) is 2.38. The van der Waals surface area contributed by atoms with Gasteiger partial charge in [0, 0.05) is 19.3 Å². The number of piperidine rings is 1. The van der Waals surface area contributed by atoms with Crippen molar-refractivity contribution >= 4 is 5.97 Å². The van der Waals surface area contributed by atoms with Gasteiger partial charge < -0.3 is 4.74 Å². The van der Waals surface area contributed by atoms with Gasteiger partial charge in [-0.2, -0.15) is 5.10 Å². The molecule has 1 aliphatic carbocycles. The molecule has 0 unspecified atom stereocenters. The van der Waals surface area contributed by atoms with Crippen molar-refractivity contribution in [3.8, 4) is 0 Å². The minimum absolute atomic E-state index is 0.0284. The van der Waals surface area contributed by atoms with Gasteiger partial charge in [0.25, 0.3) is 0 Å². The molecular formula is C16H25N3O2. The topological polar surface area (TPSA) is 47.4 Å². The molecule has 1 saturated heterocycles. The Morgan fingerprint density at radius 3 is 2.90 bits per heavy atom. The van der Waals surface area contributed by atoms with Crippen LogP contribution in [0.3, 0.4) is 0 Å². The molecule has 5 heteroatoms. The van der Waals surface area contributed by atoms with Crippen LogP contribution in [-0.4, -0.2) is 40.8 Å². The van der Waals surface area contributed by atoms with E-state index in [9.17, 15) is 4.79 Å². The second-order valence-corrected chi connectivity index (χ2v) is 6.32. The van der Waals surface area contributed by atoms with Gasteiger partial charge in [-0.15, -0.1) is 0 Å². The largest absolute Gasteiger partial charge is 0.469 e. The molecule has 0 N–H and O–H groups in total. The fourth-order valence-electron chi connectivity index (χ4n) is 3.62.